The van der Waals surface area contributed by atoms with Crippen molar-refractivity contribution in [3.8, 4) is 5.75 Å². The average molecular weight is 437 g/mol. The Labute approximate surface area is 183 Å². The van der Waals surface area contributed by atoms with Crippen LogP contribution in [-0.2, 0) is 6.61 Å². The first-order chi connectivity index (χ1) is 15.5. The SMILES string of the molecule is Cc1nc2c(OCc3cc(F)cc(F)c3)cccn2c1C(=O)N[C@@H](CO)c1ccccc1. The van der Waals surface area contributed by atoms with Gasteiger partial charge in [-0.2, -0.15) is 0 Å². The minimum atomic E-state index is -0.686. The molecule has 2 aromatic carbocycles. The number of imidazole rings is 1. The predicted octanol–water partition coefficient (Wildman–Crippen LogP) is 3.96. The number of hydrogen-bond donors (Lipinski definition) is 2. The third-order valence-corrected chi connectivity index (χ3v) is 5.01. The van der Waals surface area contributed by atoms with E-state index in [-0.39, 0.29) is 13.2 Å². The molecule has 0 saturated heterocycles. The van der Waals surface area contributed by atoms with E-state index in [0.717, 1.165) is 11.6 Å². The number of aliphatic hydroxyl groups is 1. The second-order valence-corrected chi connectivity index (χ2v) is 7.30. The maximum atomic E-state index is 13.4. The summed E-state index contributed by atoms with van der Waals surface area (Å²) in [5.41, 5.74) is 2.28. The van der Waals surface area contributed by atoms with Gasteiger partial charge in [0, 0.05) is 12.3 Å². The first kappa shape index (κ1) is 21.5. The smallest absolute Gasteiger partial charge is 0.270 e. The topological polar surface area (TPSA) is 75.9 Å². The van der Waals surface area contributed by atoms with Crippen LogP contribution in [0.2, 0.25) is 0 Å². The third-order valence-electron chi connectivity index (χ3n) is 5.01. The van der Waals surface area contributed by atoms with Crippen molar-refractivity contribution in [1.82, 2.24) is 14.7 Å². The molecule has 8 heteroatoms. The largest absolute Gasteiger partial charge is 0.485 e. The number of benzene rings is 2. The van der Waals surface area contributed by atoms with Crippen molar-refractivity contribution in [2.24, 2.45) is 0 Å². The Kier molecular flexibility index (Phi) is 6.13. The van der Waals surface area contributed by atoms with E-state index < -0.39 is 23.6 Å². The molecule has 4 rings (SSSR count). The quantitative estimate of drug-likeness (QED) is 0.459. The molecule has 2 aromatic heterocycles. The van der Waals surface area contributed by atoms with Crippen LogP contribution in [0.5, 0.6) is 5.75 Å². The van der Waals surface area contributed by atoms with E-state index in [1.807, 2.05) is 30.3 Å². The van der Waals surface area contributed by atoms with E-state index in [1.165, 1.54) is 12.1 Å². The molecule has 0 saturated carbocycles. The standard InChI is InChI=1S/C24H21F2N3O3/c1-15-22(24(31)28-20(13-30)17-6-3-2-4-7-17)29-9-5-8-21(23(29)27-15)32-14-16-10-18(25)12-19(26)11-16/h2-12,20,30H,13-14H2,1H3,(H,28,31)/t20-/m0/s1. The Morgan fingerprint density at radius 2 is 1.84 bits per heavy atom. The van der Waals surface area contributed by atoms with Crippen molar-refractivity contribution in [3.63, 3.8) is 0 Å². The first-order valence-electron chi connectivity index (χ1n) is 9.98. The van der Waals surface area contributed by atoms with E-state index in [2.05, 4.69) is 10.3 Å². The van der Waals surface area contributed by atoms with E-state index in [0.29, 0.717) is 28.3 Å². The normalized spacial score (nSPS) is 12.0. The highest BCUT2D eigenvalue weighted by Gasteiger charge is 2.22. The van der Waals surface area contributed by atoms with Crippen molar-refractivity contribution >= 4 is 11.6 Å². The van der Waals surface area contributed by atoms with Gasteiger partial charge in [-0.3, -0.25) is 9.20 Å². The van der Waals surface area contributed by atoms with E-state index in [1.54, 1.807) is 29.7 Å². The van der Waals surface area contributed by atoms with Crippen LogP contribution >= 0.6 is 0 Å². The second kappa shape index (κ2) is 9.15. The van der Waals surface area contributed by atoms with E-state index in [4.69, 9.17) is 4.74 Å². The molecule has 2 heterocycles. The van der Waals surface area contributed by atoms with E-state index >= 15 is 0 Å². The molecular weight excluding hydrogens is 416 g/mol. The second-order valence-electron chi connectivity index (χ2n) is 7.30. The summed E-state index contributed by atoms with van der Waals surface area (Å²) < 4.78 is 34.2. The minimum Gasteiger partial charge on any atom is -0.485 e. The number of hydrogen-bond acceptors (Lipinski definition) is 4. The minimum absolute atomic E-state index is 0.0671. The molecule has 2 N–H and O–H groups in total. The number of carbonyl (C=O) groups excluding carboxylic acids is 1. The Hall–Kier alpha value is -3.78. The monoisotopic (exact) mass is 437 g/mol. The Morgan fingerprint density at radius 3 is 2.53 bits per heavy atom. The van der Waals surface area contributed by atoms with Gasteiger partial charge in [0.05, 0.1) is 18.3 Å². The number of ether oxygens (including phenoxy) is 1. The van der Waals surface area contributed by atoms with Crippen LogP contribution in [0.1, 0.15) is 33.4 Å². The molecule has 0 aliphatic heterocycles. The van der Waals surface area contributed by atoms with Gasteiger partial charge >= 0.3 is 0 Å². The van der Waals surface area contributed by atoms with Crippen molar-refractivity contribution in [2.45, 2.75) is 19.6 Å². The van der Waals surface area contributed by atoms with Gasteiger partial charge in [0.2, 0.25) is 0 Å². The zero-order valence-electron chi connectivity index (χ0n) is 17.3. The molecular formula is C24H21F2N3O3. The van der Waals surface area contributed by atoms with Gasteiger partial charge in [-0.25, -0.2) is 13.8 Å². The number of aromatic nitrogens is 2. The van der Waals surface area contributed by atoms with Crippen LogP contribution in [0.25, 0.3) is 5.65 Å². The maximum absolute atomic E-state index is 13.4. The van der Waals surface area contributed by atoms with Gasteiger partial charge in [0.25, 0.3) is 5.91 Å². The number of pyridine rings is 1. The Bertz CT molecular complexity index is 1240. The zero-order chi connectivity index (χ0) is 22.7. The molecule has 0 aliphatic carbocycles. The van der Waals surface area contributed by atoms with Crippen molar-refractivity contribution < 1.29 is 23.4 Å². The van der Waals surface area contributed by atoms with Crippen molar-refractivity contribution in [3.05, 3.63) is 101 Å². The lowest BCUT2D eigenvalue weighted by Gasteiger charge is -2.17. The lowest BCUT2D eigenvalue weighted by Crippen LogP contribution is -2.32. The average Bonchev–Trinajstić information content (AvgIpc) is 3.12. The lowest BCUT2D eigenvalue weighted by atomic mass is 10.1. The Balaban J connectivity index is 1.59. The molecule has 164 valence electrons. The summed E-state index contributed by atoms with van der Waals surface area (Å²) in [5.74, 6) is -1.41. The fourth-order valence-electron chi connectivity index (χ4n) is 3.54. The summed E-state index contributed by atoms with van der Waals surface area (Å²) in [6, 6.07) is 15.1. The molecule has 0 unspecified atom stereocenters. The number of halogens is 2. The highest BCUT2D eigenvalue weighted by molar-refractivity contribution is 5.95. The summed E-state index contributed by atoms with van der Waals surface area (Å²) in [6.45, 7) is 1.37. The molecule has 0 radical (unpaired) electrons. The fourth-order valence-corrected chi connectivity index (χ4v) is 3.54. The van der Waals surface area contributed by atoms with Crippen molar-refractivity contribution in [1.29, 1.82) is 0 Å². The van der Waals surface area contributed by atoms with Gasteiger partial charge in [-0.1, -0.05) is 30.3 Å². The van der Waals surface area contributed by atoms with Gasteiger partial charge in [-0.05, 0) is 42.3 Å². The number of rotatable bonds is 7. The third kappa shape index (κ3) is 4.45. The summed E-state index contributed by atoms with van der Waals surface area (Å²) in [7, 11) is 0. The number of carbonyl (C=O) groups is 1. The molecule has 0 bridgehead atoms. The molecule has 6 nitrogen and oxygen atoms in total. The number of amides is 1. The maximum Gasteiger partial charge on any atom is 0.270 e. The molecule has 32 heavy (non-hydrogen) atoms. The number of fused-ring (bicyclic) bond motifs is 1. The van der Waals surface area contributed by atoms with Gasteiger partial charge in [0.1, 0.15) is 23.9 Å². The molecule has 1 atom stereocenters. The number of aryl methyl sites for hydroxylation is 1. The summed E-state index contributed by atoms with van der Waals surface area (Å²) in [6.07, 6.45) is 1.68. The van der Waals surface area contributed by atoms with Crippen molar-refractivity contribution in [2.75, 3.05) is 6.61 Å². The van der Waals surface area contributed by atoms with Gasteiger partial charge < -0.3 is 15.2 Å². The van der Waals surface area contributed by atoms with Crippen LogP contribution in [0.15, 0.2) is 66.9 Å². The highest BCUT2D eigenvalue weighted by Crippen LogP contribution is 2.24. The fraction of sp³-hybridized carbons (Fsp3) is 0.167. The van der Waals surface area contributed by atoms with E-state index in [9.17, 15) is 18.7 Å². The highest BCUT2D eigenvalue weighted by atomic mass is 19.1. The van der Waals surface area contributed by atoms with Crippen LogP contribution < -0.4 is 10.1 Å². The predicted molar refractivity (Wildman–Crippen MR) is 114 cm³/mol. The molecule has 0 spiro atoms. The number of aliphatic hydroxyl groups excluding tert-OH is 1. The summed E-state index contributed by atoms with van der Waals surface area (Å²) >= 11 is 0. The van der Waals surface area contributed by atoms with Crippen LogP contribution in [0.3, 0.4) is 0 Å². The zero-order valence-corrected chi connectivity index (χ0v) is 17.3. The number of nitrogens with zero attached hydrogens (tertiary/aromatic N) is 2. The van der Waals surface area contributed by atoms with Gasteiger partial charge in [0.15, 0.2) is 11.4 Å². The van der Waals surface area contributed by atoms with Crippen LogP contribution in [-0.4, -0.2) is 27.0 Å². The molecule has 0 aliphatic rings. The van der Waals surface area contributed by atoms with Crippen LogP contribution in [0, 0.1) is 18.6 Å². The van der Waals surface area contributed by atoms with Gasteiger partial charge in [-0.15, -0.1) is 0 Å². The lowest BCUT2D eigenvalue weighted by molar-refractivity contribution is 0.0909. The number of nitrogens with one attached hydrogen (secondary N) is 1. The Morgan fingerprint density at radius 1 is 1.12 bits per heavy atom. The molecule has 0 fully saturated rings. The summed E-state index contributed by atoms with van der Waals surface area (Å²) in [5, 5.41) is 12.6. The molecule has 1 amide bonds. The van der Waals surface area contributed by atoms with Crippen LogP contribution in [0.4, 0.5) is 8.78 Å². The molecule has 4 aromatic rings. The first-order valence-corrected chi connectivity index (χ1v) is 9.98. The summed E-state index contributed by atoms with van der Waals surface area (Å²) in [4.78, 5) is 17.5.